The summed E-state index contributed by atoms with van der Waals surface area (Å²) in [4.78, 5) is 11.8. The smallest absolute Gasteiger partial charge is 0.407 e. The number of thioether (sulfide) groups is 1. The van der Waals surface area contributed by atoms with Crippen LogP contribution in [0.1, 0.15) is 40.2 Å². The normalized spacial score (nSPS) is 10.9. The summed E-state index contributed by atoms with van der Waals surface area (Å²) in [7, 11) is 0. The van der Waals surface area contributed by atoms with Gasteiger partial charge in [0.05, 0.1) is 11.6 Å². The number of carbonyl (C=O) groups is 1. The first kappa shape index (κ1) is 20.2. The zero-order chi connectivity index (χ0) is 18.2. The second kappa shape index (κ2) is 9.47. The summed E-state index contributed by atoms with van der Waals surface area (Å²) in [6, 6.07) is 5.77. The Balaban J connectivity index is 2.81. The van der Waals surface area contributed by atoms with E-state index in [1.807, 2.05) is 45.9 Å². The fraction of sp³-hybridized carbons (Fsp3) is 0.500. The number of rotatable bonds is 8. The Morgan fingerprint density at radius 1 is 1.29 bits per heavy atom. The van der Waals surface area contributed by atoms with Crippen molar-refractivity contribution in [3.8, 4) is 5.75 Å². The van der Waals surface area contributed by atoms with Gasteiger partial charge >= 0.3 is 6.09 Å². The van der Waals surface area contributed by atoms with Crippen LogP contribution in [0, 0.1) is 0 Å². The highest BCUT2D eigenvalue weighted by Gasteiger charge is 2.16. The van der Waals surface area contributed by atoms with Crippen molar-refractivity contribution >= 4 is 23.5 Å². The highest BCUT2D eigenvalue weighted by molar-refractivity contribution is 8.03. The summed E-state index contributed by atoms with van der Waals surface area (Å²) in [5.74, 6) is 1.70. The van der Waals surface area contributed by atoms with E-state index in [1.54, 1.807) is 11.8 Å². The summed E-state index contributed by atoms with van der Waals surface area (Å²) in [5, 5.41) is 6.89. The molecule has 0 saturated carbocycles. The first-order valence-electron chi connectivity index (χ1n) is 8.06. The van der Waals surface area contributed by atoms with Crippen molar-refractivity contribution in [2.24, 2.45) is 0 Å². The monoisotopic (exact) mass is 352 g/mol. The maximum Gasteiger partial charge on any atom is 0.407 e. The van der Waals surface area contributed by atoms with Crippen LogP contribution in [0.15, 0.2) is 29.8 Å². The van der Waals surface area contributed by atoms with Gasteiger partial charge in [-0.1, -0.05) is 13.5 Å². The minimum atomic E-state index is -0.522. The van der Waals surface area contributed by atoms with Crippen molar-refractivity contribution < 1.29 is 14.3 Å². The van der Waals surface area contributed by atoms with Crippen molar-refractivity contribution in [2.45, 2.75) is 46.8 Å². The van der Waals surface area contributed by atoms with E-state index in [4.69, 9.17) is 9.47 Å². The summed E-state index contributed by atoms with van der Waals surface area (Å²) in [6.45, 7) is 14.4. The van der Waals surface area contributed by atoms with Crippen LogP contribution in [0.4, 0.5) is 10.5 Å². The van der Waals surface area contributed by atoms with E-state index in [9.17, 15) is 4.79 Å². The molecule has 0 aromatic heterocycles. The third kappa shape index (κ3) is 7.64. The summed E-state index contributed by atoms with van der Waals surface area (Å²) in [5.41, 5.74) is 1.26. The number of carbonyl (C=O) groups excluding carboxylic acids is 1. The predicted octanol–water partition coefficient (Wildman–Crippen LogP) is 4.75. The molecule has 0 aliphatic carbocycles. The van der Waals surface area contributed by atoms with Gasteiger partial charge in [0.15, 0.2) is 0 Å². The molecule has 24 heavy (non-hydrogen) atoms. The van der Waals surface area contributed by atoms with Crippen molar-refractivity contribution in [2.75, 3.05) is 17.7 Å². The summed E-state index contributed by atoms with van der Waals surface area (Å²) in [6.07, 6.45) is -0.450. The number of alkyl carbamates (subject to hydrolysis) is 1. The number of hydrogen-bond acceptors (Lipinski definition) is 5. The number of benzene rings is 1. The van der Waals surface area contributed by atoms with Crippen LogP contribution in [0.25, 0.3) is 0 Å². The molecule has 0 heterocycles. The molecule has 134 valence electrons. The van der Waals surface area contributed by atoms with Gasteiger partial charge in [-0.25, -0.2) is 4.79 Å². The molecule has 0 aliphatic heterocycles. The molecule has 0 spiro atoms. The van der Waals surface area contributed by atoms with Crippen molar-refractivity contribution in [3.05, 3.63) is 35.4 Å². The molecule has 0 unspecified atom stereocenters. The van der Waals surface area contributed by atoms with Crippen LogP contribution in [-0.2, 0) is 11.3 Å². The largest absolute Gasteiger partial charge is 0.494 e. The van der Waals surface area contributed by atoms with Gasteiger partial charge in [-0.15, -0.1) is 11.8 Å². The van der Waals surface area contributed by atoms with Gasteiger partial charge in [-0.2, -0.15) is 0 Å². The van der Waals surface area contributed by atoms with Crippen LogP contribution in [0.2, 0.25) is 0 Å². The van der Waals surface area contributed by atoms with Crippen LogP contribution in [-0.4, -0.2) is 24.1 Å². The van der Waals surface area contributed by atoms with Gasteiger partial charge in [0, 0.05) is 17.8 Å². The Labute approximate surface area is 149 Å². The average Bonchev–Trinajstić information content (AvgIpc) is 2.46. The molecule has 0 bridgehead atoms. The number of nitrogens with one attached hydrogen (secondary N) is 2. The Kier molecular flexibility index (Phi) is 7.98. The molecule has 1 aromatic carbocycles. The Morgan fingerprint density at radius 3 is 2.58 bits per heavy atom. The lowest BCUT2D eigenvalue weighted by atomic mass is 10.1. The van der Waals surface area contributed by atoms with Crippen LogP contribution >= 0.6 is 11.8 Å². The lowest BCUT2D eigenvalue weighted by molar-refractivity contribution is 0.0523. The fourth-order valence-electron chi connectivity index (χ4n) is 1.94. The van der Waals surface area contributed by atoms with E-state index in [0.717, 1.165) is 27.8 Å². The number of amides is 1. The lowest BCUT2D eigenvalue weighted by Crippen LogP contribution is -2.32. The zero-order valence-electron chi connectivity index (χ0n) is 15.2. The number of hydrogen-bond donors (Lipinski definition) is 2. The Bertz CT molecular complexity index is 568. The molecule has 1 aromatic rings. The molecular formula is C18H28N2O3S. The van der Waals surface area contributed by atoms with Gasteiger partial charge in [0.2, 0.25) is 0 Å². The van der Waals surface area contributed by atoms with E-state index >= 15 is 0 Å². The quantitative estimate of drug-likeness (QED) is 0.707. The third-order valence-electron chi connectivity index (χ3n) is 2.78. The molecule has 1 amide bonds. The van der Waals surface area contributed by atoms with Gasteiger partial charge in [0.1, 0.15) is 11.4 Å². The molecule has 0 atom stereocenters. The van der Waals surface area contributed by atoms with E-state index < -0.39 is 11.7 Å². The number of ether oxygens (including phenoxy) is 2. The summed E-state index contributed by atoms with van der Waals surface area (Å²) >= 11 is 1.64. The second-order valence-corrected chi connectivity index (χ2v) is 7.45. The standard InChI is InChI=1S/C18H28N2O3S/c1-7-22-16-10-9-15(20-13(3)24-8-2)11-14(16)12-19-17(21)23-18(4,5)6/h9-11,20H,3,7-8,12H2,1-2,4-6H3,(H,19,21). The molecule has 0 saturated heterocycles. The molecule has 1 rings (SSSR count). The van der Waals surface area contributed by atoms with Crippen molar-refractivity contribution in [1.29, 1.82) is 0 Å². The van der Waals surface area contributed by atoms with E-state index in [-0.39, 0.29) is 0 Å². The SMILES string of the molecule is C=C(Nc1ccc(OCC)c(CNC(=O)OC(C)(C)C)c1)SCC. The van der Waals surface area contributed by atoms with Crippen LogP contribution in [0.5, 0.6) is 5.75 Å². The first-order valence-corrected chi connectivity index (χ1v) is 9.05. The van der Waals surface area contributed by atoms with Gasteiger partial charge < -0.3 is 20.1 Å². The predicted molar refractivity (Wildman–Crippen MR) is 102 cm³/mol. The van der Waals surface area contributed by atoms with Crippen molar-refractivity contribution in [1.82, 2.24) is 5.32 Å². The second-order valence-electron chi connectivity index (χ2n) is 6.09. The molecule has 2 N–H and O–H groups in total. The van der Waals surface area contributed by atoms with Gasteiger partial charge in [-0.05, 0) is 51.6 Å². The first-order chi connectivity index (χ1) is 11.2. The van der Waals surface area contributed by atoms with Crippen LogP contribution in [0.3, 0.4) is 0 Å². The minimum absolute atomic E-state index is 0.327. The molecule has 0 fully saturated rings. The zero-order valence-corrected chi connectivity index (χ0v) is 16.0. The van der Waals surface area contributed by atoms with Crippen LogP contribution < -0.4 is 15.4 Å². The highest BCUT2D eigenvalue weighted by atomic mass is 32.2. The van der Waals surface area contributed by atoms with Gasteiger partial charge in [0.25, 0.3) is 0 Å². The molecular weight excluding hydrogens is 324 g/mol. The maximum atomic E-state index is 11.8. The van der Waals surface area contributed by atoms with Crippen molar-refractivity contribution in [3.63, 3.8) is 0 Å². The lowest BCUT2D eigenvalue weighted by Gasteiger charge is -2.20. The minimum Gasteiger partial charge on any atom is -0.494 e. The molecule has 0 radical (unpaired) electrons. The van der Waals surface area contributed by atoms with E-state index in [0.29, 0.717) is 13.2 Å². The molecule has 0 aliphatic rings. The number of anilines is 1. The summed E-state index contributed by atoms with van der Waals surface area (Å²) < 4.78 is 10.9. The third-order valence-corrected chi connectivity index (χ3v) is 3.52. The Morgan fingerprint density at radius 2 is 2.00 bits per heavy atom. The maximum absolute atomic E-state index is 11.8. The average molecular weight is 353 g/mol. The highest BCUT2D eigenvalue weighted by Crippen LogP contribution is 2.25. The fourth-order valence-corrected chi connectivity index (χ4v) is 2.48. The van der Waals surface area contributed by atoms with E-state index in [1.165, 1.54) is 0 Å². The molecule has 5 nitrogen and oxygen atoms in total. The Hall–Kier alpha value is -1.82. The van der Waals surface area contributed by atoms with Gasteiger partial charge in [-0.3, -0.25) is 0 Å². The van der Waals surface area contributed by atoms with E-state index in [2.05, 4.69) is 24.1 Å². The topological polar surface area (TPSA) is 59.6 Å². The molecule has 6 heteroatoms.